The van der Waals surface area contributed by atoms with Crippen LogP contribution in [0.15, 0.2) is 107 Å². The molecule has 0 radical (unpaired) electrons. The zero-order chi connectivity index (χ0) is 29.0. The van der Waals surface area contributed by atoms with Gasteiger partial charge in [0.2, 0.25) is 0 Å². The molecular weight excluding hydrogens is 512 g/mol. The van der Waals surface area contributed by atoms with Gasteiger partial charge in [-0.05, 0) is 96.5 Å². The Labute approximate surface area is 240 Å². The van der Waals surface area contributed by atoms with Gasteiger partial charge in [-0.1, -0.05) is 84.8 Å². The molecule has 0 N–H and O–H groups in total. The number of fused-ring (bicyclic) bond motifs is 3. The fraction of sp³-hybridized carbons (Fsp3) is 0.200. The summed E-state index contributed by atoms with van der Waals surface area (Å²) in [6.45, 7) is 8.09. The number of oxime groups is 2. The zero-order valence-electron chi connectivity index (χ0n) is 23.7. The highest BCUT2D eigenvalue weighted by molar-refractivity contribution is 6.02. The van der Waals surface area contributed by atoms with Gasteiger partial charge >= 0.3 is 11.9 Å². The standard InChI is InChI=1S/C35H32N2O4/c1-5-35(6-2)31-21-27(23(3)36-40-33(38)25-13-9-7-10-14-25)17-19-29(31)30-20-18-28(22-32(30)35)24(4)37-41-34(39)26-15-11-8-12-16-26/h7-22H,5-6H2,1-4H3/b36-23+,37-24+. The third-order valence-electron chi connectivity index (χ3n) is 7.95. The summed E-state index contributed by atoms with van der Waals surface area (Å²) in [5.41, 5.74) is 8.54. The van der Waals surface area contributed by atoms with Crippen molar-refractivity contribution in [3.63, 3.8) is 0 Å². The van der Waals surface area contributed by atoms with E-state index in [-0.39, 0.29) is 5.41 Å². The van der Waals surface area contributed by atoms with Gasteiger partial charge in [0.05, 0.1) is 22.6 Å². The van der Waals surface area contributed by atoms with E-state index in [0.717, 1.165) is 24.0 Å². The van der Waals surface area contributed by atoms with Crippen LogP contribution in [0.25, 0.3) is 11.1 Å². The lowest BCUT2D eigenvalue weighted by molar-refractivity contribution is 0.0508. The van der Waals surface area contributed by atoms with Crippen molar-refractivity contribution in [2.24, 2.45) is 10.3 Å². The maximum absolute atomic E-state index is 12.4. The van der Waals surface area contributed by atoms with Crippen molar-refractivity contribution in [1.29, 1.82) is 0 Å². The second-order valence-corrected chi connectivity index (χ2v) is 10.2. The van der Waals surface area contributed by atoms with Crippen molar-refractivity contribution in [1.82, 2.24) is 0 Å². The Hall–Kier alpha value is -4.84. The third kappa shape index (κ3) is 5.33. The molecule has 0 aromatic heterocycles. The van der Waals surface area contributed by atoms with E-state index in [1.165, 1.54) is 22.3 Å². The number of rotatable bonds is 8. The second-order valence-electron chi connectivity index (χ2n) is 10.2. The predicted octanol–water partition coefficient (Wildman–Crippen LogP) is 7.94. The quantitative estimate of drug-likeness (QED) is 0.128. The number of hydrogen-bond acceptors (Lipinski definition) is 6. The van der Waals surface area contributed by atoms with E-state index in [1.807, 2.05) is 38.1 Å². The van der Waals surface area contributed by atoms with E-state index in [9.17, 15) is 9.59 Å². The third-order valence-corrected chi connectivity index (χ3v) is 7.95. The largest absolute Gasteiger partial charge is 0.365 e. The van der Waals surface area contributed by atoms with Crippen molar-refractivity contribution in [2.75, 3.05) is 0 Å². The van der Waals surface area contributed by atoms with Crippen molar-refractivity contribution in [3.8, 4) is 11.1 Å². The van der Waals surface area contributed by atoms with Crippen LogP contribution in [-0.4, -0.2) is 23.4 Å². The van der Waals surface area contributed by atoms with E-state index in [2.05, 4.69) is 48.4 Å². The number of hydrogen-bond donors (Lipinski definition) is 0. The zero-order valence-corrected chi connectivity index (χ0v) is 23.7. The average Bonchev–Trinajstić information content (AvgIpc) is 3.31. The SMILES string of the molecule is CCC1(CC)c2cc(/C(C)=N/OC(=O)c3ccccc3)ccc2-c2ccc(/C(C)=N/OC(=O)c3ccccc3)cc21. The summed E-state index contributed by atoms with van der Waals surface area (Å²) in [6.07, 6.45) is 1.80. The molecule has 5 rings (SSSR count). The van der Waals surface area contributed by atoms with E-state index in [4.69, 9.17) is 9.68 Å². The predicted molar refractivity (Wildman–Crippen MR) is 161 cm³/mol. The van der Waals surface area contributed by atoms with Crippen molar-refractivity contribution < 1.29 is 19.3 Å². The average molecular weight is 545 g/mol. The topological polar surface area (TPSA) is 77.3 Å². The van der Waals surface area contributed by atoms with Gasteiger partial charge in [0.15, 0.2) is 0 Å². The summed E-state index contributed by atoms with van der Waals surface area (Å²) >= 11 is 0. The molecule has 0 amide bonds. The molecule has 0 atom stereocenters. The molecule has 0 saturated carbocycles. The fourth-order valence-corrected chi connectivity index (χ4v) is 5.54. The molecule has 0 aliphatic heterocycles. The molecule has 206 valence electrons. The molecule has 0 saturated heterocycles. The molecule has 1 aliphatic rings. The molecule has 4 aromatic rings. The van der Waals surface area contributed by atoms with Crippen LogP contribution in [0.4, 0.5) is 0 Å². The summed E-state index contributed by atoms with van der Waals surface area (Å²) in [5.74, 6) is -0.983. The van der Waals surface area contributed by atoms with Gasteiger partial charge in [0, 0.05) is 5.41 Å². The first-order chi connectivity index (χ1) is 19.9. The minimum Gasteiger partial charge on any atom is -0.313 e. The summed E-state index contributed by atoms with van der Waals surface area (Å²) < 4.78 is 0. The van der Waals surface area contributed by atoms with E-state index in [0.29, 0.717) is 22.6 Å². The Bertz CT molecular complexity index is 1530. The maximum atomic E-state index is 12.4. The lowest BCUT2D eigenvalue weighted by Gasteiger charge is -2.30. The highest BCUT2D eigenvalue weighted by Crippen LogP contribution is 2.53. The lowest BCUT2D eigenvalue weighted by atomic mass is 9.73. The van der Waals surface area contributed by atoms with Gasteiger partial charge in [0.25, 0.3) is 0 Å². The normalized spacial score (nSPS) is 13.8. The minimum absolute atomic E-state index is 0.210. The summed E-state index contributed by atoms with van der Waals surface area (Å²) in [7, 11) is 0. The van der Waals surface area contributed by atoms with Gasteiger partial charge in [0.1, 0.15) is 0 Å². The van der Waals surface area contributed by atoms with Gasteiger partial charge in [-0.15, -0.1) is 0 Å². The van der Waals surface area contributed by atoms with Gasteiger partial charge in [-0.25, -0.2) is 9.59 Å². The Kier molecular flexibility index (Phi) is 7.92. The Morgan fingerprint density at radius 3 is 1.34 bits per heavy atom. The number of carbonyl (C=O) groups excluding carboxylic acids is 2. The lowest BCUT2D eigenvalue weighted by Crippen LogP contribution is -2.23. The van der Waals surface area contributed by atoms with Crippen LogP contribution >= 0.6 is 0 Å². The first-order valence-corrected chi connectivity index (χ1v) is 13.8. The molecule has 4 aromatic carbocycles. The fourth-order valence-electron chi connectivity index (χ4n) is 5.54. The van der Waals surface area contributed by atoms with Crippen molar-refractivity contribution >= 4 is 23.4 Å². The summed E-state index contributed by atoms with van der Waals surface area (Å²) in [4.78, 5) is 35.3. The van der Waals surface area contributed by atoms with Crippen molar-refractivity contribution in [3.05, 3.63) is 130 Å². The van der Waals surface area contributed by atoms with Gasteiger partial charge in [-0.2, -0.15) is 0 Å². The van der Waals surface area contributed by atoms with Crippen LogP contribution in [-0.2, 0) is 15.1 Å². The van der Waals surface area contributed by atoms with E-state index in [1.54, 1.807) is 48.5 Å². The summed E-state index contributed by atoms with van der Waals surface area (Å²) in [5, 5.41) is 8.30. The number of nitrogens with zero attached hydrogens (tertiary/aromatic N) is 2. The first kappa shape index (κ1) is 27.7. The molecular formula is C35H32N2O4. The van der Waals surface area contributed by atoms with Crippen molar-refractivity contribution in [2.45, 2.75) is 46.0 Å². The van der Waals surface area contributed by atoms with Gasteiger partial charge in [-0.3, -0.25) is 0 Å². The van der Waals surface area contributed by atoms with Crippen LogP contribution in [0.5, 0.6) is 0 Å². The molecule has 0 spiro atoms. The molecule has 0 bridgehead atoms. The maximum Gasteiger partial charge on any atom is 0.365 e. The molecule has 0 heterocycles. The van der Waals surface area contributed by atoms with Crippen LogP contribution in [0.1, 0.15) is 83.5 Å². The highest BCUT2D eigenvalue weighted by atomic mass is 16.7. The minimum atomic E-state index is -0.492. The van der Waals surface area contributed by atoms with Crippen LogP contribution in [0.2, 0.25) is 0 Å². The molecule has 0 fully saturated rings. The monoisotopic (exact) mass is 544 g/mol. The Balaban J connectivity index is 1.43. The summed E-state index contributed by atoms with van der Waals surface area (Å²) in [6, 6.07) is 30.3. The van der Waals surface area contributed by atoms with E-state index < -0.39 is 11.9 Å². The molecule has 1 aliphatic carbocycles. The smallest absolute Gasteiger partial charge is 0.313 e. The highest BCUT2D eigenvalue weighted by Gasteiger charge is 2.41. The first-order valence-electron chi connectivity index (χ1n) is 13.8. The Morgan fingerprint density at radius 1 is 0.585 bits per heavy atom. The molecule has 0 unspecified atom stereocenters. The molecule has 41 heavy (non-hydrogen) atoms. The van der Waals surface area contributed by atoms with Crippen LogP contribution in [0, 0.1) is 0 Å². The van der Waals surface area contributed by atoms with E-state index >= 15 is 0 Å². The number of carbonyl (C=O) groups is 2. The number of benzene rings is 4. The molecule has 6 nitrogen and oxygen atoms in total. The molecule has 6 heteroatoms. The Morgan fingerprint density at radius 2 is 0.976 bits per heavy atom. The van der Waals surface area contributed by atoms with Crippen LogP contribution in [0.3, 0.4) is 0 Å². The van der Waals surface area contributed by atoms with Crippen LogP contribution < -0.4 is 0 Å². The second kappa shape index (κ2) is 11.7. The van der Waals surface area contributed by atoms with Gasteiger partial charge < -0.3 is 9.68 Å².